The number of aryl methyl sites for hydroxylation is 2. The van der Waals surface area contributed by atoms with Crippen LogP contribution in [0.1, 0.15) is 11.3 Å². The van der Waals surface area contributed by atoms with E-state index in [0.717, 1.165) is 4.90 Å². The first-order chi connectivity index (χ1) is 8.17. The molecule has 0 radical (unpaired) electrons. The van der Waals surface area contributed by atoms with Gasteiger partial charge in [0.2, 0.25) is 0 Å². The number of halogens is 3. The van der Waals surface area contributed by atoms with E-state index in [9.17, 15) is 18.0 Å². The van der Waals surface area contributed by atoms with Gasteiger partial charge in [0, 0.05) is 25.4 Å². The average molecular weight is 265 g/mol. The molecule has 8 heteroatoms. The number of carbonyl (C=O) groups is 1. The minimum atomic E-state index is -4.43. The minimum absolute atomic E-state index is 0.0918. The van der Waals surface area contributed by atoms with Gasteiger partial charge in [-0.15, -0.1) is 0 Å². The normalized spacial score (nSPS) is 12.1. The fourth-order valence-electron chi connectivity index (χ4n) is 1.66. The van der Waals surface area contributed by atoms with Crippen molar-refractivity contribution < 1.29 is 23.1 Å². The van der Waals surface area contributed by atoms with Crippen LogP contribution in [0.15, 0.2) is 6.20 Å². The third-order valence-corrected chi connectivity index (χ3v) is 2.27. The van der Waals surface area contributed by atoms with Gasteiger partial charge in [0.1, 0.15) is 0 Å². The van der Waals surface area contributed by atoms with Crippen LogP contribution in [0.25, 0.3) is 0 Å². The SMILES string of the molecule is Cc1nn(C)cc1CN(CC(=O)O)CC(F)(F)F. The van der Waals surface area contributed by atoms with Gasteiger partial charge in [-0.25, -0.2) is 0 Å². The number of hydrogen-bond donors (Lipinski definition) is 1. The fraction of sp³-hybridized carbons (Fsp3) is 0.600. The molecule has 5 nitrogen and oxygen atoms in total. The molecule has 0 saturated carbocycles. The molecule has 0 saturated heterocycles. The summed E-state index contributed by atoms with van der Waals surface area (Å²) in [4.78, 5) is 11.4. The summed E-state index contributed by atoms with van der Waals surface area (Å²) in [6.45, 7) is -0.338. The molecular weight excluding hydrogens is 251 g/mol. The standard InChI is InChI=1S/C10H14F3N3O2/c1-7-8(3-15(2)14-7)4-16(5-9(17)18)6-10(11,12)13/h3H,4-6H2,1-2H3,(H,17,18). The van der Waals surface area contributed by atoms with E-state index in [4.69, 9.17) is 5.11 Å². The van der Waals surface area contributed by atoms with Crippen molar-refractivity contribution in [3.63, 3.8) is 0 Å². The fourth-order valence-corrected chi connectivity index (χ4v) is 1.66. The topological polar surface area (TPSA) is 58.4 Å². The van der Waals surface area contributed by atoms with Crippen LogP contribution in [-0.4, -0.2) is 45.0 Å². The molecule has 0 aliphatic rings. The van der Waals surface area contributed by atoms with Crippen molar-refractivity contribution in [1.29, 1.82) is 0 Å². The van der Waals surface area contributed by atoms with E-state index >= 15 is 0 Å². The van der Waals surface area contributed by atoms with Crippen LogP contribution in [0.3, 0.4) is 0 Å². The van der Waals surface area contributed by atoms with Crippen LogP contribution in [0.5, 0.6) is 0 Å². The molecule has 102 valence electrons. The van der Waals surface area contributed by atoms with E-state index in [0.29, 0.717) is 11.3 Å². The van der Waals surface area contributed by atoms with E-state index in [2.05, 4.69) is 5.10 Å². The molecule has 0 spiro atoms. The zero-order valence-corrected chi connectivity index (χ0v) is 10.0. The molecule has 1 aromatic rings. The van der Waals surface area contributed by atoms with Crippen molar-refractivity contribution in [3.8, 4) is 0 Å². The van der Waals surface area contributed by atoms with Crippen LogP contribution in [0, 0.1) is 6.92 Å². The lowest BCUT2D eigenvalue weighted by Gasteiger charge is -2.21. The molecular formula is C10H14F3N3O2. The third-order valence-electron chi connectivity index (χ3n) is 2.27. The van der Waals surface area contributed by atoms with E-state index in [1.807, 2.05) is 0 Å². The molecule has 1 heterocycles. The molecule has 0 aliphatic heterocycles. The van der Waals surface area contributed by atoms with Crippen molar-refractivity contribution in [2.24, 2.45) is 7.05 Å². The lowest BCUT2D eigenvalue weighted by molar-refractivity contribution is -0.154. The van der Waals surface area contributed by atoms with Crippen molar-refractivity contribution in [2.45, 2.75) is 19.6 Å². The highest BCUT2D eigenvalue weighted by Crippen LogP contribution is 2.18. The molecule has 0 aliphatic carbocycles. The Kier molecular flexibility index (Phi) is 4.33. The third kappa shape index (κ3) is 4.74. The van der Waals surface area contributed by atoms with Crippen LogP contribution >= 0.6 is 0 Å². The number of hydrogen-bond acceptors (Lipinski definition) is 3. The second-order valence-electron chi connectivity index (χ2n) is 4.07. The number of carboxylic acids is 1. The highest BCUT2D eigenvalue weighted by atomic mass is 19.4. The Bertz CT molecular complexity index is 428. The Morgan fingerprint density at radius 3 is 2.56 bits per heavy atom. The monoisotopic (exact) mass is 265 g/mol. The Labute approximate surface area is 102 Å². The predicted molar refractivity (Wildman–Crippen MR) is 56.9 cm³/mol. The molecule has 1 aromatic heterocycles. The number of alkyl halides is 3. The molecule has 0 aromatic carbocycles. The zero-order valence-electron chi connectivity index (χ0n) is 10.0. The molecule has 0 unspecified atom stereocenters. The van der Waals surface area contributed by atoms with Gasteiger partial charge in [0.15, 0.2) is 0 Å². The maximum atomic E-state index is 12.3. The van der Waals surface area contributed by atoms with Crippen molar-refractivity contribution in [2.75, 3.05) is 13.1 Å². The number of carboxylic acid groups (broad SMARTS) is 1. The summed E-state index contributed by atoms with van der Waals surface area (Å²) < 4.78 is 38.4. The van der Waals surface area contributed by atoms with Gasteiger partial charge < -0.3 is 5.11 Å². The molecule has 0 fully saturated rings. The van der Waals surface area contributed by atoms with E-state index in [-0.39, 0.29) is 6.54 Å². The highest BCUT2D eigenvalue weighted by molar-refractivity contribution is 5.69. The largest absolute Gasteiger partial charge is 0.480 e. The van der Waals surface area contributed by atoms with Crippen molar-refractivity contribution in [1.82, 2.24) is 14.7 Å². The first kappa shape index (κ1) is 14.5. The Balaban J connectivity index is 2.78. The Morgan fingerprint density at radius 2 is 2.17 bits per heavy atom. The summed E-state index contributed by atoms with van der Waals surface area (Å²) in [7, 11) is 1.65. The summed E-state index contributed by atoms with van der Waals surface area (Å²) >= 11 is 0. The molecule has 18 heavy (non-hydrogen) atoms. The van der Waals surface area contributed by atoms with Gasteiger partial charge in [-0.2, -0.15) is 18.3 Å². The molecule has 1 rings (SSSR count). The number of rotatable bonds is 5. The molecule has 0 bridgehead atoms. The van der Waals surface area contributed by atoms with Gasteiger partial charge in [-0.05, 0) is 6.92 Å². The highest BCUT2D eigenvalue weighted by Gasteiger charge is 2.31. The number of nitrogens with zero attached hydrogens (tertiary/aromatic N) is 3. The van der Waals surface area contributed by atoms with Gasteiger partial charge in [-0.1, -0.05) is 0 Å². The van der Waals surface area contributed by atoms with Crippen molar-refractivity contribution in [3.05, 3.63) is 17.5 Å². The summed E-state index contributed by atoms with van der Waals surface area (Å²) in [5.74, 6) is -1.29. The first-order valence-corrected chi connectivity index (χ1v) is 5.17. The Hall–Kier alpha value is -1.57. The van der Waals surface area contributed by atoms with E-state index < -0.39 is 25.2 Å². The number of aliphatic carboxylic acids is 1. The van der Waals surface area contributed by atoms with E-state index in [1.54, 1.807) is 20.2 Å². The van der Waals surface area contributed by atoms with Crippen LogP contribution in [0.2, 0.25) is 0 Å². The molecule has 0 atom stereocenters. The molecule has 0 amide bonds. The van der Waals surface area contributed by atoms with Crippen molar-refractivity contribution >= 4 is 5.97 Å². The second-order valence-corrected chi connectivity index (χ2v) is 4.07. The predicted octanol–water partition coefficient (Wildman–Crippen LogP) is 1.18. The zero-order chi connectivity index (χ0) is 13.9. The number of aromatic nitrogens is 2. The quantitative estimate of drug-likeness (QED) is 0.868. The van der Waals surface area contributed by atoms with Gasteiger partial charge in [0.05, 0.1) is 18.8 Å². The van der Waals surface area contributed by atoms with Crippen LogP contribution in [-0.2, 0) is 18.4 Å². The summed E-state index contributed by atoms with van der Waals surface area (Å²) in [5.41, 5.74) is 1.18. The maximum Gasteiger partial charge on any atom is 0.401 e. The van der Waals surface area contributed by atoms with Gasteiger partial charge in [-0.3, -0.25) is 14.4 Å². The van der Waals surface area contributed by atoms with E-state index in [1.165, 1.54) is 4.68 Å². The summed E-state index contributed by atoms with van der Waals surface area (Å²) in [5, 5.41) is 12.6. The minimum Gasteiger partial charge on any atom is -0.480 e. The van der Waals surface area contributed by atoms with Crippen LogP contribution in [0.4, 0.5) is 13.2 Å². The summed E-state index contributed by atoms with van der Waals surface area (Å²) in [6, 6.07) is 0. The smallest absolute Gasteiger partial charge is 0.401 e. The average Bonchev–Trinajstić information content (AvgIpc) is 2.40. The summed E-state index contributed by atoms with van der Waals surface area (Å²) in [6.07, 6.45) is -2.84. The van der Waals surface area contributed by atoms with Gasteiger partial charge in [0.25, 0.3) is 0 Å². The second kappa shape index (κ2) is 5.38. The first-order valence-electron chi connectivity index (χ1n) is 5.17. The molecule has 1 N–H and O–H groups in total. The maximum absolute atomic E-state index is 12.3. The lowest BCUT2D eigenvalue weighted by Crippen LogP contribution is -2.37. The van der Waals surface area contributed by atoms with Crippen LogP contribution < -0.4 is 0 Å². The van der Waals surface area contributed by atoms with Gasteiger partial charge >= 0.3 is 12.1 Å². The Morgan fingerprint density at radius 1 is 1.56 bits per heavy atom. The lowest BCUT2D eigenvalue weighted by atomic mass is 10.2.